The quantitative estimate of drug-likeness (QED) is 0.889. The second-order valence-corrected chi connectivity index (χ2v) is 5.62. The van der Waals surface area contributed by atoms with E-state index in [0.717, 1.165) is 6.42 Å². The molecule has 0 bridgehead atoms. The first-order valence-electron chi connectivity index (χ1n) is 7.21. The van der Waals surface area contributed by atoms with E-state index in [-0.39, 0.29) is 24.1 Å². The Hall–Kier alpha value is -2.56. The van der Waals surface area contributed by atoms with Gasteiger partial charge in [-0.3, -0.25) is 9.59 Å². The van der Waals surface area contributed by atoms with Crippen LogP contribution in [0.25, 0.3) is 0 Å². The van der Waals surface area contributed by atoms with Gasteiger partial charge in [0, 0.05) is 17.5 Å². The summed E-state index contributed by atoms with van der Waals surface area (Å²) in [5, 5.41) is 11.8. The number of benzene rings is 1. The van der Waals surface area contributed by atoms with Gasteiger partial charge < -0.3 is 14.8 Å². The number of furan rings is 1. The maximum atomic E-state index is 12.4. The van der Waals surface area contributed by atoms with Crippen molar-refractivity contribution < 1.29 is 19.1 Å². The molecule has 0 saturated heterocycles. The zero-order valence-electron chi connectivity index (χ0n) is 12.2. The lowest BCUT2D eigenvalue weighted by molar-refractivity contribution is -0.136. The van der Waals surface area contributed by atoms with Gasteiger partial charge in [-0.15, -0.1) is 0 Å². The molecule has 1 aromatic heterocycles. The molecule has 22 heavy (non-hydrogen) atoms. The third-order valence-electron chi connectivity index (χ3n) is 3.92. The van der Waals surface area contributed by atoms with Crippen LogP contribution in [0.3, 0.4) is 0 Å². The lowest BCUT2D eigenvalue weighted by Gasteiger charge is -2.06. The van der Waals surface area contributed by atoms with E-state index < -0.39 is 5.97 Å². The summed E-state index contributed by atoms with van der Waals surface area (Å²) in [6.07, 6.45) is 2.04. The van der Waals surface area contributed by atoms with Gasteiger partial charge in [-0.2, -0.15) is 0 Å². The monoisotopic (exact) mass is 299 g/mol. The Labute approximate surface area is 127 Å². The minimum atomic E-state index is -1.02. The van der Waals surface area contributed by atoms with Crippen LogP contribution in [0, 0.1) is 6.92 Å². The van der Waals surface area contributed by atoms with Crippen molar-refractivity contribution >= 4 is 11.9 Å². The SMILES string of the molecule is Cc1coc(CC(=O)O)c1C(=O)NC1CC1c1ccccc1. The first kappa shape index (κ1) is 14.4. The van der Waals surface area contributed by atoms with Crippen LogP contribution >= 0.6 is 0 Å². The molecular formula is C17H17NO4. The van der Waals surface area contributed by atoms with Crippen molar-refractivity contribution in [3.8, 4) is 0 Å². The number of nitrogens with one attached hydrogen (secondary N) is 1. The molecule has 3 rings (SSSR count). The summed E-state index contributed by atoms with van der Waals surface area (Å²) in [6, 6.07) is 10.1. The maximum absolute atomic E-state index is 12.4. The van der Waals surface area contributed by atoms with Crippen LogP contribution in [0.5, 0.6) is 0 Å². The average Bonchev–Trinajstić information content (AvgIpc) is 3.15. The highest BCUT2D eigenvalue weighted by Gasteiger charge is 2.40. The molecule has 5 heteroatoms. The molecule has 1 aromatic carbocycles. The van der Waals surface area contributed by atoms with Gasteiger partial charge in [-0.1, -0.05) is 30.3 Å². The zero-order chi connectivity index (χ0) is 15.7. The molecule has 1 amide bonds. The molecule has 0 spiro atoms. The Morgan fingerprint density at radius 3 is 2.73 bits per heavy atom. The van der Waals surface area contributed by atoms with Crippen molar-refractivity contribution in [3.05, 3.63) is 59.0 Å². The summed E-state index contributed by atoms with van der Waals surface area (Å²) in [5.74, 6) is -0.734. The van der Waals surface area contributed by atoms with E-state index >= 15 is 0 Å². The number of hydrogen-bond donors (Lipinski definition) is 2. The summed E-state index contributed by atoms with van der Waals surface area (Å²) in [6.45, 7) is 1.74. The molecule has 0 aliphatic heterocycles. The first-order valence-corrected chi connectivity index (χ1v) is 7.21. The number of amides is 1. The van der Waals surface area contributed by atoms with Crippen LogP contribution in [0.1, 0.15) is 39.6 Å². The number of aryl methyl sites for hydroxylation is 1. The molecular weight excluding hydrogens is 282 g/mol. The number of carbonyl (C=O) groups excluding carboxylic acids is 1. The highest BCUT2D eigenvalue weighted by Crippen LogP contribution is 2.40. The molecule has 2 unspecified atom stereocenters. The predicted octanol–water partition coefficient (Wildman–Crippen LogP) is 2.50. The number of carboxylic acids is 1. The number of carbonyl (C=O) groups is 2. The van der Waals surface area contributed by atoms with Crippen LogP contribution in [0.2, 0.25) is 0 Å². The van der Waals surface area contributed by atoms with Crippen LogP contribution < -0.4 is 5.32 Å². The van der Waals surface area contributed by atoms with Crippen molar-refractivity contribution in [2.75, 3.05) is 0 Å². The van der Waals surface area contributed by atoms with E-state index in [1.807, 2.05) is 18.2 Å². The standard InChI is InChI=1S/C17H17NO4/c1-10-9-22-14(8-15(19)20)16(10)17(21)18-13-7-12(13)11-5-3-2-4-6-11/h2-6,9,12-13H,7-8H2,1H3,(H,18,21)(H,19,20). The van der Waals surface area contributed by atoms with E-state index in [2.05, 4.69) is 17.4 Å². The molecule has 1 fully saturated rings. The summed E-state index contributed by atoms with van der Waals surface area (Å²) in [5.41, 5.74) is 2.22. The zero-order valence-corrected chi connectivity index (χ0v) is 12.2. The topological polar surface area (TPSA) is 79.5 Å². The maximum Gasteiger partial charge on any atom is 0.311 e. The van der Waals surface area contributed by atoms with Gasteiger partial charge in [0.1, 0.15) is 12.2 Å². The lowest BCUT2D eigenvalue weighted by Crippen LogP contribution is -2.28. The summed E-state index contributed by atoms with van der Waals surface area (Å²) >= 11 is 0. The minimum absolute atomic E-state index is 0.0990. The van der Waals surface area contributed by atoms with Gasteiger partial charge in [0.15, 0.2) is 0 Å². The highest BCUT2D eigenvalue weighted by atomic mass is 16.4. The Balaban J connectivity index is 1.69. The second-order valence-electron chi connectivity index (χ2n) is 5.62. The Kier molecular flexibility index (Phi) is 3.71. The van der Waals surface area contributed by atoms with E-state index in [0.29, 0.717) is 17.0 Å². The van der Waals surface area contributed by atoms with Crippen LogP contribution in [-0.2, 0) is 11.2 Å². The number of carboxylic acid groups (broad SMARTS) is 1. The molecule has 0 radical (unpaired) electrons. The summed E-state index contributed by atoms with van der Waals surface area (Å²) < 4.78 is 5.20. The van der Waals surface area contributed by atoms with Gasteiger partial charge in [-0.05, 0) is 18.9 Å². The number of aliphatic carboxylic acids is 1. The smallest absolute Gasteiger partial charge is 0.311 e. The minimum Gasteiger partial charge on any atom is -0.481 e. The fourth-order valence-corrected chi connectivity index (χ4v) is 2.73. The van der Waals surface area contributed by atoms with Crippen molar-refractivity contribution in [1.82, 2.24) is 5.32 Å². The average molecular weight is 299 g/mol. The number of hydrogen-bond acceptors (Lipinski definition) is 3. The van der Waals surface area contributed by atoms with E-state index in [9.17, 15) is 9.59 Å². The van der Waals surface area contributed by atoms with E-state index in [4.69, 9.17) is 9.52 Å². The van der Waals surface area contributed by atoms with Gasteiger partial charge in [0.05, 0.1) is 11.8 Å². The molecule has 1 saturated carbocycles. The molecule has 2 aromatic rings. The molecule has 2 N–H and O–H groups in total. The first-order chi connectivity index (χ1) is 10.6. The van der Waals surface area contributed by atoms with Crippen molar-refractivity contribution in [1.29, 1.82) is 0 Å². The van der Waals surface area contributed by atoms with Crippen molar-refractivity contribution in [2.45, 2.75) is 31.7 Å². The summed E-state index contributed by atoms with van der Waals surface area (Å²) in [7, 11) is 0. The fraction of sp³-hybridized carbons (Fsp3) is 0.294. The largest absolute Gasteiger partial charge is 0.481 e. The van der Waals surface area contributed by atoms with E-state index in [1.54, 1.807) is 6.92 Å². The van der Waals surface area contributed by atoms with Gasteiger partial charge in [0.25, 0.3) is 5.91 Å². The third kappa shape index (κ3) is 2.88. The Morgan fingerprint density at radius 1 is 1.32 bits per heavy atom. The fourth-order valence-electron chi connectivity index (χ4n) is 2.73. The highest BCUT2D eigenvalue weighted by molar-refractivity contribution is 5.97. The molecule has 2 atom stereocenters. The van der Waals surface area contributed by atoms with Crippen molar-refractivity contribution in [3.63, 3.8) is 0 Å². The summed E-state index contributed by atoms with van der Waals surface area (Å²) in [4.78, 5) is 23.2. The third-order valence-corrected chi connectivity index (χ3v) is 3.92. The van der Waals surface area contributed by atoms with Crippen molar-refractivity contribution in [2.24, 2.45) is 0 Å². The van der Waals surface area contributed by atoms with E-state index in [1.165, 1.54) is 11.8 Å². The normalized spacial score (nSPS) is 19.7. The molecule has 114 valence electrons. The second kappa shape index (κ2) is 5.67. The van der Waals surface area contributed by atoms with Gasteiger partial charge in [0.2, 0.25) is 0 Å². The molecule has 1 aliphatic carbocycles. The van der Waals surface area contributed by atoms with Gasteiger partial charge >= 0.3 is 5.97 Å². The molecule has 1 heterocycles. The Bertz CT molecular complexity index is 705. The van der Waals surface area contributed by atoms with Crippen LogP contribution in [0.15, 0.2) is 41.0 Å². The molecule has 5 nitrogen and oxygen atoms in total. The van der Waals surface area contributed by atoms with Crippen LogP contribution in [0.4, 0.5) is 0 Å². The predicted molar refractivity (Wildman–Crippen MR) is 79.8 cm³/mol. The van der Waals surface area contributed by atoms with Crippen LogP contribution in [-0.4, -0.2) is 23.0 Å². The van der Waals surface area contributed by atoms with Gasteiger partial charge in [-0.25, -0.2) is 0 Å². The Morgan fingerprint density at radius 2 is 2.05 bits per heavy atom. The lowest BCUT2D eigenvalue weighted by atomic mass is 10.1. The molecule has 1 aliphatic rings. The number of rotatable bonds is 5.